The number of carboxylic acids is 1. The van der Waals surface area contributed by atoms with Crippen LogP contribution in [0.5, 0.6) is 0 Å². The molecule has 1 saturated carbocycles. The lowest BCUT2D eigenvalue weighted by molar-refractivity contribution is -0.140. The quantitative estimate of drug-likeness (QED) is 0.324. The van der Waals surface area contributed by atoms with Gasteiger partial charge in [-0.1, -0.05) is 78.9 Å². The van der Waals surface area contributed by atoms with E-state index in [1.54, 1.807) is 6.92 Å². The predicted octanol–water partition coefficient (Wildman–Crippen LogP) is 6.43. The number of rotatable bonds is 7. The molecule has 1 aliphatic carbocycles. The number of benzene rings is 3. The number of hydrogen-bond acceptors (Lipinski definition) is 5. The number of aromatic nitrogens is 1. The molecule has 2 N–H and O–H groups in total. The minimum absolute atomic E-state index is 0.274. The summed E-state index contributed by atoms with van der Waals surface area (Å²) in [5.41, 5.74) is 3.73. The first-order valence-corrected chi connectivity index (χ1v) is 11.4. The lowest BCUT2D eigenvalue weighted by Crippen LogP contribution is -2.19. The van der Waals surface area contributed by atoms with Crippen molar-refractivity contribution in [1.82, 2.24) is 4.98 Å². The van der Waals surface area contributed by atoms with Crippen molar-refractivity contribution >= 4 is 17.9 Å². The molecule has 35 heavy (non-hydrogen) atoms. The zero-order valence-corrected chi connectivity index (χ0v) is 19.1. The van der Waals surface area contributed by atoms with Crippen LogP contribution < -0.4 is 5.32 Å². The van der Waals surface area contributed by atoms with Crippen LogP contribution >= 0.6 is 0 Å². The van der Waals surface area contributed by atoms with Crippen molar-refractivity contribution in [3.63, 3.8) is 0 Å². The van der Waals surface area contributed by atoms with Gasteiger partial charge in [0, 0.05) is 5.56 Å². The number of amides is 1. The van der Waals surface area contributed by atoms with Crippen LogP contribution in [0, 0.1) is 0 Å². The van der Waals surface area contributed by atoms with Gasteiger partial charge in [0.25, 0.3) is 0 Å². The second-order valence-electron chi connectivity index (χ2n) is 8.66. The summed E-state index contributed by atoms with van der Waals surface area (Å²) in [6.45, 7) is 1.80. The summed E-state index contributed by atoms with van der Waals surface area (Å²) < 4.78 is 11.0. The van der Waals surface area contributed by atoms with Gasteiger partial charge in [0.2, 0.25) is 0 Å². The predicted molar refractivity (Wildman–Crippen MR) is 131 cm³/mol. The van der Waals surface area contributed by atoms with Crippen LogP contribution in [0.4, 0.5) is 10.6 Å². The molecule has 0 aliphatic heterocycles. The largest absolute Gasteiger partial charge is 0.481 e. The molecule has 1 amide bonds. The van der Waals surface area contributed by atoms with Gasteiger partial charge < -0.3 is 14.3 Å². The van der Waals surface area contributed by atoms with Crippen molar-refractivity contribution in [3.05, 3.63) is 96.4 Å². The van der Waals surface area contributed by atoms with Gasteiger partial charge in [-0.05, 0) is 42.0 Å². The molecule has 0 bridgehead atoms. The molecule has 1 heterocycles. The summed E-state index contributed by atoms with van der Waals surface area (Å²) in [7, 11) is 0. The van der Waals surface area contributed by atoms with Crippen LogP contribution in [0.15, 0.2) is 89.7 Å². The Morgan fingerprint density at radius 1 is 0.943 bits per heavy atom. The number of nitrogens with zero attached hydrogens (tertiary/aromatic N) is 1. The Hall–Kier alpha value is -4.39. The number of ether oxygens (including phenoxy) is 1. The lowest BCUT2D eigenvalue weighted by atomic mass is 9.93. The van der Waals surface area contributed by atoms with Crippen molar-refractivity contribution < 1.29 is 23.8 Å². The van der Waals surface area contributed by atoms with Crippen LogP contribution in [0.3, 0.4) is 0 Å². The van der Waals surface area contributed by atoms with Crippen LogP contribution in [-0.4, -0.2) is 22.2 Å². The number of anilines is 1. The van der Waals surface area contributed by atoms with Crippen LogP contribution in [-0.2, 0) is 14.9 Å². The minimum Gasteiger partial charge on any atom is -0.481 e. The Kier molecular flexibility index (Phi) is 5.82. The third-order valence-corrected chi connectivity index (χ3v) is 6.42. The zero-order chi connectivity index (χ0) is 24.4. The van der Waals surface area contributed by atoms with Crippen molar-refractivity contribution in [2.75, 3.05) is 5.32 Å². The maximum Gasteiger partial charge on any atom is 0.413 e. The monoisotopic (exact) mass is 468 g/mol. The van der Waals surface area contributed by atoms with E-state index in [9.17, 15) is 14.7 Å². The van der Waals surface area contributed by atoms with Gasteiger partial charge in [0.05, 0.1) is 5.41 Å². The molecular formula is C28H24N2O5. The average molecular weight is 469 g/mol. The molecule has 0 spiro atoms. The van der Waals surface area contributed by atoms with E-state index < -0.39 is 23.6 Å². The fraction of sp³-hybridized carbons (Fsp3) is 0.179. The maximum absolute atomic E-state index is 12.4. The molecule has 0 radical (unpaired) electrons. The molecule has 1 atom stereocenters. The third kappa shape index (κ3) is 4.53. The highest BCUT2D eigenvalue weighted by molar-refractivity contribution is 5.88. The van der Waals surface area contributed by atoms with Crippen LogP contribution in [0.2, 0.25) is 0 Å². The van der Waals surface area contributed by atoms with E-state index in [4.69, 9.17) is 9.15 Å². The number of nitrogens with one attached hydrogen (secondary N) is 1. The van der Waals surface area contributed by atoms with Crippen molar-refractivity contribution in [2.45, 2.75) is 31.3 Å². The summed E-state index contributed by atoms with van der Waals surface area (Å²) in [5, 5.41) is 12.1. The molecule has 4 aromatic rings. The second-order valence-corrected chi connectivity index (χ2v) is 8.66. The summed E-state index contributed by atoms with van der Waals surface area (Å²) in [6, 6.07) is 24.8. The number of carboxylic acid groups (broad SMARTS) is 1. The first kappa shape index (κ1) is 22.4. The van der Waals surface area contributed by atoms with E-state index in [1.165, 1.54) is 6.39 Å². The molecule has 7 nitrogen and oxygen atoms in total. The first-order valence-electron chi connectivity index (χ1n) is 11.4. The van der Waals surface area contributed by atoms with Gasteiger partial charge in [-0.2, -0.15) is 4.98 Å². The van der Waals surface area contributed by atoms with Gasteiger partial charge in [0.1, 0.15) is 6.10 Å². The molecule has 176 valence electrons. The molecule has 7 heteroatoms. The first-order chi connectivity index (χ1) is 17.0. The smallest absolute Gasteiger partial charge is 0.413 e. The number of aliphatic carboxylic acids is 1. The molecule has 3 aromatic carbocycles. The summed E-state index contributed by atoms with van der Waals surface area (Å²) in [4.78, 5) is 28.1. The SMILES string of the molecule is CC(OC(=O)Nc1ncoc1-c1ccc(-c2ccc(C3(C(=O)O)CC3)cc2)cc1)c1ccccc1. The van der Waals surface area contributed by atoms with Crippen molar-refractivity contribution in [3.8, 4) is 22.5 Å². The average Bonchev–Trinajstić information content (AvgIpc) is 3.58. The maximum atomic E-state index is 12.4. The standard InChI is InChI=1S/C28H24N2O5/c1-18(19-5-3-2-4-6-19)35-27(33)30-25-24(34-17-29-25)22-9-7-20(8-10-22)21-11-13-23(14-12-21)28(15-16-28)26(31)32/h2-14,17-18H,15-16H2,1H3,(H,30,33)(H,31,32). The van der Waals surface area contributed by atoms with Gasteiger partial charge in [0.15, 0.2) is 18.0 Å². The van der Waals surface area contributed by atoms with E-state index in [0.717, 1.165) is 27.8 Å². The summed E-state index contributed by atoms with van der Waals surface area (Å²) in [6.07, 6.45) is 1.60. The van der Waals surface area contributed by atoms with E-state index in [-0.39, 0.29) is 5.82 Å². The normalized spacial score (nSPS) is 14.7. The van der Waals surface area contributed by atoms with E-state index in [2.05, 4.69) is 10.3 Å². The van der Waals surface area contributed by atoms with Crippen molar-refractivity contribution in [1.29, 1.82) is 0 Å². The molecule has 1 fully saturated rings. The van der Waals surface area contributed by atoms with Gasteiger partial charge >= 0.3 is 12.1 Å². The van der Waals surface area contributed by atoms with E-state index in [0.29, 0.717) is 18.6 Å². The highest BCUT2D eigenvalue weighted by Crippen LogP contribution is 2.48. The Morgan fingerprint density at radius 2 is 1.54 bits per heavy atom. The Morgan fingerprint density at radius 3 is 2.14 bits per heavy atom. The molecule has 1 aliphatic rings. The summed E-state index contributed by atoms with van der Waals surface area (Å²) >= 11 is 0. The van der Waals surface area contributed by atoms with Gasteiger partial charge in [-0.15, -0.1) is 0 Å². The highest BCUT2D eigenvalue weighted by atomic mass is 16.6. The fourth-order valence-electron chi connectivity index (χ4n) is 4.17. The third-order valence-electron chi connectivity index (χ3n) is 6.42. The van der Waals surface area contributed by atoms with Crippen LogP contribution in [0.25, 0.3) is 22.5 Å². The Bertz CT molecular complexity index is 1340. The van der Waals surface area contributed by atoms with Crippen molar-refractivity contribution in [2.24, 2.45) is 0 Å². The minimum atomic E-state index is -0.760. The highest BCUT2D eigenvalue weighted by Gasteiger charge is 2.51. The molecular weight excluding hydrogens is 444 g/mol. The van der Waals surface area contributed by atoms with E-state index in [1.807, 2.05) is 78.9 Å². The Labute approximate surface area is 202 Å². The van der Waals surface area contributed by atoms with Gasteiger partial charge in [-0.25, -0.2) is 4.79 Å². The zero-order valence-electron chi connectivity index (χ0n) is 19.1. The Balaban J connectivity index is 1.27. The lowest BCUT2D eigenvalue weighted by Gasteiger charge is -2.13. The van der Waals surface area contributed by atoms with Gasteiger partial charge in [-0.3, -0.25) is 10.1 Å². The second kappa shape index (κ2) is 9.10. The van der Waals surface area contributed by atoms with E-state index >= 15 is 0 Å². The number of carbonyl (C=O) groups excluding carboxylic acids is 1. The fourth-order valence-corrected chi connectivity index (χ4v) is 4.17. The number of oxazole rings is 1. The molecule has 1 unspecified atom stereocenters. The number of carbonyl (C=O) groups is 2. The summed E-state index contributed by atoms with van der Waals surface area (Å²) in [5.74, 6) is -0.0615. The molecule has 0 saturated heterocycles. The van der Waals surface area contributed by atoms with Crippen LogP contribution in [0.1, 0.15) is 37.0 Å². The molecule has 1 aromatic heterocycles. The number of hydrogen-bond donors (Lipinski definition) is 2. The molecule has 5 rings (SSSR count). The topological polar surface area (TPSA) is 102 Å².